The molecule has 1 saturated heterocycles. The molecule has 3 rings (SSSR count). The molecule has 0 aromatic heterocycles. The van der Waals surface area contributed by atoms with Gasteiger partial charge in [-0.3, -0.25) is 4.79 Å². The van der Waals surface area contributed by atoms with Crippen LogP contribution in [0.5, 0.6) is 0 Å². The number of hydrogen-bond acceptors (Lipinski definition) is 3. The number of carbonyl (C=O) groups excluding carboxylic acids is 1. The Kier molecular flexibility index (Phi) is 5.53. The van der Waals surface area contributed by atoms with Gasteiger partial charge in [-0.2, -0.15) is 0 Å². The van der Waals surface area contributed by atoms with Crippen molar-refractivity contribution in [2.75, 3.05) is 19.6 Å². The monoisotopic (exact) mass is 293 g/mol. The summed E-state index contributed by atoms with van der Waals surface area (Å²) in [5.41, 5.74) is 0. The molecule has 2 saturated carbocycles. The molecule has 1 amide bonds. The van der Waals surface area contributed by atoms with Crippen molar-refractivity contribution in [3.63, 3.8) is 0 Å². The molecule has 4 heteroatoms. The lowest BCUT2D eigenvalue weighted by atomic mass is 9.77. The highest BCUT2D eigenvalue weighted by Gasteiger charge is 2.32. The van der Waals surface area contributed by atoms with Crippen molar-refractivity contribution in [3.05, 3.63) is 0 Å². The molecule has 3 unspecified atom stereocenters. The highest BCUT2D eigenvalue weighted by Crippen LogP contribution is 2.30. The standard InChI is InChI=1S/C17H31N3O/c21-17(13-8-9-13)20-12-11-19-16-6-2-1-5-14(16)15-7-3-4-10-18-15/h13-16,18-19H,1-12H2,(H,20,21). The molecule has 120 valence electrons. The molecule has 1 heterocycles. The van der Waals surface area contributed by atoms with Crippen LogP contribution in [-0.4, -0.2) is 37.6 Å². The first-order chi connectivity index (χ1) is 10.3. The molecular weight excluding hydrogens is 262 g/mol. The van der Waals surface area contributed by atoms with E-state index in [2.05, 4.69) is 16.0 Å². The van der Waals surface area contributed by atoms with Gasteiger partial charge in [0.1, 0.15) is 0 Å². The molecule has 3 N–H and O–H groups in total. The van der Waals surface area contributed by atoms with Gasteiger partial charge in [0.2, 0.25) is 5.91 Å². The smallest absolute Gasteiger partial charge is 0.223 e. The minimum atomic E-state index is 0.269. The number of amides is 1. The Morgan fingerprint density at radius 2 is 1.76 bits per heavy atom. The van der Waals surface area contributed by atoms with Crippen molar-refractivity contribution in [3.8, 4) is 0 Å². The first-order valence-corrected chi connectivity index (χ1v) is 9.09. The van der Waals surface area contributed by atoms with Crippen LogP contribution >= 0.6 is 0 Å². The fourth-order valence-corrected chi connectivity index (χ4v) is 4.07. The zero-order chi connectivity index (χ0) is 14.5. The van der Waals surface area contributed by atoms with Crippen molar-refractivity contribution >= 4 is 5.91 Å². The summed E-state index contributed by atoms with van der Waals surface area (Å²) in [5.74, 6) is 1.39. The van der Waals surface area contributed by atoms with Crippen LogP contribution in [0.2, 0.25) is 0 Å². The van der Waals surface area contributed by atoms with E-state index in [1.165, 1.54) is 51.5 Å². The third-order valence-corrected chi connectivity index (χ3v) is 5.46. The third-order valence-electron chi connectivity index (χ3n) is 5.46. The van der Waals surface area contributed by atoms with Crippen molar-refractivity contribution in [1.82, 2.24) is 16.0 Å². The average Bonchev–Trinajstić information content (AvgIpc) is 3.37. The highest BCUT2D eigenvalue weighted by atomic mass is 16.2. The van der Waals surface area contributed by atoms with Crippen molar-refractivity contribution < 1.29 is 4.79 Å². The Morgan fingerprint density at radius 1 is 0.952 bits per heavy atom. The van der Waals surface area contributed by atoms with Crippen LogP contribution < -0.4 is 16.0 Å². The van der Waals surface area contributed by atoms with Gasteiger partial charge in [0.05, 0.1) is 0 Å². The zero-order valence-electron chi connectivity index (χ0n) is 13.2. The maximum atomic E-state index is 11.6. The van der Waals surface area contributed by atoms with E-state index < -0.39 is 0 Å². The summed E-state index contributed by atoms with van der Waals surface area (Å²) in [4.78, 5) is 11.6. The van der Waals surface area contributed by atoms with Crippen LogP contribution in [0.4, 0.5) is 0 Å². The summed E-state index contributed by atoms with van der Waals surface area (Å²) in [5, 5.41) is 10.5. The lowest BCUT2D eigenvalue weighted by molar-refractivity contribution is -0.122. The molecule has 3 fully saturated rings. The second kappa shape index (κ2) is 7.59. The van der Waals surface area contributed by atoms with Gasteiger partial charge in [-0.25, -0.2) is 0 Å². The number of hydrogen-bond donors (Lipinski definition) is 3. The Morgan fingerprint density at radius 3 is 2.52 bits per heavy atom. The Bertz CT molecular complexity index is 337. The van der Waals surface area contributed by atoms with E-state index in [0.717, 1.165) is 37.9 Å². The third kappa shape index (κ3) is 4.43. The molecule has 0 bridgehead atoms. The van der Waals surface area contributed by atoms with Crippen LogP contribution in [0.15, 0.2) is 0 Å². The SMILES string of the molecule is O=C(NCCNC1CCCCC1C1CCCCN1)C1CC1. The van der Waals surface area contributed by atoms with Gasteiger partial charge in [-0.15, -0.1) is 0 Å². The summed E-state index contributed by atoms with van der Waals surface area (Å²) < 4.78 is 0. The Balaban J connectivity index is 1.39. The maximum Gasteiger partial charge on any atom is 0.223 e. The number of piperidine rings is 1. The zero-order valence-corrected chi connectivity index (χ0v) is 13.2. The van der Waals surface area contributed by atoms with E-state index in [4.69, 9.17) is 0 Å². The Labute approximate surface area is 128 Å². The van der Waals surface area contributed by atoms with Crippen LogP contribution in [0.1, 0.15) is 57.8 Å². The van der Waals surface area contributed by atoms with E-state index >= 15 is 0 Å². The summed E-state index contributed by atoms with van der Waals surface area (Å²) >= 11 is 0. The van der Waals surface area contributed by atoms with E-state index in [0.29, 0.717) is 12.0 Å². The summed E-state index contributed by atoms with van der Waals surface area (Å²) in [6.07, 6.45) is 11.7. The van der Waals surface area contributed by atoms with Gasteiger partial charge in [-0.1, -0.05) is 19.3 Å². The van der Waals surface area contributed by atoms with E-state index in [1.807, 2.05) is 0 Å². The van der Waals surface area contributed by atoms with Gasteiger partial charge < -0.3 is 16.0 Å². The average molecular weight is 293 g/mol. The fourth-order valence-electron chi connectivity index (χ4n) is 4.07. The molecule has 0 aromatic carbocycles. The molecule has 21 heavy (non-hydrogen) atoms. The topological polar surface area (TPSA) is 53.2 Å². The van der Waals surface area contributed by atoms with Crippen LogP contribution in [0, 0.1) is 11.8 Å². The molecule has 0 radical (unpaired) electrons. The van der Waals surface area contributed by atoms with Crippen LogP contribution in [0.25, 0.3) is 0 Å². The molecule has 4 nitrogen and oxygen atoms in total. The normalized spacial score (nSPS) is 33.6. The van der Waals surface area contributed by atoms with Gasteiger partial charge in [0, 0.05) is 31.1 Å². The molecule has 0 spiro atoms. The van der Waals surface area contributed by atoms with Gasteiger partial charge in [0.25, 0.3) is 0 Å². The Hall–Kier alpha value is -0.610. The predicted octanol–water partition coefficient (Wildman–Crippen LogP) is 1.80. The lowest BCUT2D eigenvalue weighted by Crippen LogP contribution is -2.51. The summed E-state index contributed by atoms with van der Waals surface area (Å²) in [6.45, 7) is 2.91. The molecule has 1 aliphatic heterocycles. The first-order valence-electron chi connectivity index (χ1n) is 9.09. The predicted molar refractivity (Wildman–Crippen MR) is 85.1 cm³/mol. The second-order valence-electron chi connectivity index (χ2n) is 7.13. The van der Waals surface area contributed by atoms with Gasteiger partial charge in [-0.05, 0) is 51.0 Å². The lowest BCUT2D eigenvalue weighted by Gasteiger charge is -2.40. The van der Waals surface area contributed by atoms with E-state index in [1.54, 1.807) is 0 Å². The second-order valence-corrected chi connectivity index (χ2v) is 7.13. The maximum absolute atomic E-state index is 11.6. The first kappa shape index (κ1) is 15.3. The van der Waals surface area contributed by atoms with E-state index in [-0.39, 0.29) is 5.91 Å². The van der Waals surface area contributed by atoms with Crippen LogP contribution in [-0.2, 0) is 4.79 Å². The fraction of sp³-hybridized carbons (Fsp3) is 0.941. The molecule has 3 atom stereocenters. The minimum Gasteiger partial charge on any atom is -0.355 e. The summed E-state index contributed by atoms with van der Waals surface area (Å²) in [6, 6.07) is 1.37. The van der Waals surface area contributed by atoms with Crippen LogP contribution in [0.3, 0.4) is 0 Å². The molecule has 3 aliphatic rings. The molecule has 0 aromatic rings. The molecule has 2 aliphatic carbocycles. The molecular formula is C17H31N3O. The number of nitrogens with one attached hydrogen (secondary N) is 3. The van der Waals surface area contributed by atoms with E-state index in [9.17, 15) is 4.79 Å². The number of rotatable bonds is 6. The largest absolute Gasteiger partial charge is 0.355 e. The highest BCUT2D eigenvalue weighted by molar-refractivity contribution is 5.80. The summed E-state index contributed by atoms with van der Waals surface area (Å²) in [7, 11) is 0. The van der Waals surface area contributed by atoms with Crippen molar-refractivity contribution in [1.29, 1.82) is 0 Å². The van der Waals surface area contributed by atoms with Gasteiger partial charge >= 0.3 is 0 Å². The quantitative estimate of drug-likeness (QED) is 0.655. The van der Waals surface area contributed by atoms with Gasteiger partial charge in [0.15, 0.2) is 0 Å². The minimum absolute atomic E-state index is 0.269. The van der Waals surface area contributed by atoms with Crippen molar-refractivity contribution in [2.45, 2.75) is 69.9 Å². The number of carbonyl (C=O) groups is 1. The van der Waals surface area contributed by atoms with Crippen molar-refractivity contribution in [2.24, 2.45) is 11.8 Å².